The molecule has 0 saturated carbocycles. The quantitative estimate of drug-likeness (QED) is 0.784. The molecule has 1 rings (SSSR count). The third kappa shape index (κ3) is 3.70. The Morgan fingerprint density at radius 1 is 1.56 bits per heavy atom. The molecule has 1 amide bonds. The molecule has 90 valence electrons. The van der Waals surface area contributed by atoms with Crippen LogP contribution in [0.4, 0.5) is 0 Å². The van der Waals surface area contributed by atoms with Crippen LogP contribution < -0.4 is 11.1 Å². The molecule has 0 radical (unpaired) electrons. The molecule has 16 heavy (non-hydrogen) atoms. The molecule has 0 aliphatic rings. The fraction of sp³-hybridized carbons (Fsp3) is 0.583. The number of hydrogen-bond acceptors (Lipinski definition) is 2. The number of hydrogen-bond donors (Lipinski definition) is 2. The van der Waals surface area contributed by atoms with E-state index < -0.39 is 0 Å². The van der Waals surface area contributed by atoms with E-state index in [0.717, 1.165) is 12.1 Å². The van der Waals surface area contributed by atoms with Crippen LogP contribution in [-0.4, -0.2) is 16.5 Å². The van der Waals surface area contributed by atoms with Gasteiger partial charge in [-0.2, -0.15) is 0 Å². The lowest BCUT2D eigenvalue weighted by molar-refractivity contribution is -0.121. The zero-order valence-corrected chi connectivity index (χ0v) is 10.3. The predicted octanol–water partition coefficient (Wildman–Crippen LogP) is 1.08. The highest BCUT2D eigenvalue weighted by Crippen LogP contribution is 2.05. The fourth-order valence-corrected chi connectivity index (χ4v) is 1.48. The average molecular weight is 223 g/mol. The van der Waals surface area contributed by atoms with Crippen molar-refractivity contribution in [1.29, 1.82) is 0 Å². The third-order valence-electron chi connectivity index (χ3n) is 2.77. The molecule has 1 aromatic heterocycles. The van der Waals surface area contributed by atoms with Gasteiger partial charge in [0, 0.05) is 30.9 Å². The van der Waals surface area contributed by atoms with Crippen LogP contribution in [0.1, 0.15) is 31.2 Å². The maximum absolute atomic E-state index is 11.5. The van der Waals surface area contributed by atoms with Gasteiger partial charge in [0.2, 0.25) is 5.91 Å². The van der Waals surface area contributed by atoms with E-state index in [-0.39, 0.29) is 11.9 Å². The first-order valence-corrected chi connectivity index (χ1v) is 5.64. The molecule has 0 fully saturated rings. The van der Waals surface area contributed by atoms with Gasteiger partial charge in [0.15, 0.2) is 0 Å². The summed E-state index contributed by atoms with van der Waals surface area (Å²) >= 11 is 0. The first-order valence-electron chi connectivity index (χ1n) is 5.64. The number of aromatic nitrogens is 1. The smallest absolute Gasteiger partial charge is 0.220 e. The molecular formula is C12H21N3O. The van der Waals surface area contributed by atoms with Gasteiger partial charge in [0.1, 0.15) is 0 Å². The second-order valence-electron chi connectivity index (χ2n) is 4.32. The maximum atomic E-state index is 11.5. The summed E-state index contributed by atoms with van der Waals surface area (Å²) in [5.74, 6) is 0.0659. The van der Waals surface area contributed by atoms with Gasteiger partial charge in [-0.3, -0.25) is 4.79 Å². The Balaban J connectivity index is 2.34. The number of amides is 1. The number of carbonyl (C=O) groups excluding carboxylic acids is 1. The summed E-state index contributed by atoms with van der Waals surface area (Å²) < 4.78 is 2.08. The monoisotopic (exact) mass is 223 g/mol. The van der Waals surface area contributed by atoms with Crippen molar-refractivity contribution in [3.63, 3.8) is 0 Å². The molecule has 0 saturated heterocycles. The molecule has 0 aliphatic heterocycles. The van der Waals surface area contributed by atoms with Crippen molar-refractivity contribution in [1.82, 2.24) is 9.88 Å². The van der Waals surface area contributed by atoms with Crippen molar-refractivity contribution in [2.75, 3.05) is 0 Å². The van der Waals surface area contributed by atoms with Gasteiger partial charge in [0.05, 0.1) is 6.54 Å². The van der Waals surface area contributed by atoms with E-state index in [1.54, 1.807) is 0 Å². The van der Waals surface area contributed by atoms with Crippen LogP contribution in [0.3, 0.4) is 0 Å². The van der Waals surface area contributed by atoms with Crippen LogP contribution in [0.15, 0.2) is 12.1 Å². The van der Waals surface area contributed by atoms with Gasteiger partial charge in [-0.1, -0.05) is 0 Å². The molecule has 0 bridgehead atoms. The van der Waals surface area contributed by atoms with E-state index >= 15 is 0 Å². The van der Waals surface area contributed by atoms with Crippen molar-refractivity contribution in [3.8, 4) is 0 Å². The minimum absolute atomic E-state index is 0.0659. The van der Waals surface area contributed by atoms with Crippen molar-refractivity contribution >= 4 is 5.91 Å². The first kappa shape index (κ1) is 12.8. The average Bonchev–Trinajstić information content (AvgIpc) is 2.54. The van der Waals surface area contributed by atoms with E-state index in [1.165, 1.54) is 5.69 Å². The number of nitrogens with two attached hydrogens (primary N) is 1. The Morgan fingerprint density at radius 3 is 2.75 bits per heavy atom. The summed E-state index contributed by atoms with van der Waals surface area (Å²) in [7, 11) is 2.00. The molecule has 1 aromatic rings. The van der Waals surface area contributed by atoms with Crippen LogP contribution in [0.5, 0.6) is 0 Å². The normalized spacial score (nSPS) is 12.5. The van der Waals surface area contributed by atoms with E-state index in [0.29, 0.717) is 13.0 Å². The Hall–Kier alpha value is -1.29. The van der Waals surface area contributed by atoms with Crippen LogP contribution in [0, 0.1) is 6.92 Å². The van der Waals surface area contributed by atoms with E-state index in [1.807, 2.05) is 33.0 Å². The number of rotatable bonds is 5. The SMILES string of the molecule is Cc1ccc(CNC(=O)CCC(C)N)n1C. The second kappa shape index (κ2) is 5.70. The number of nitrogens with one attached hydrogen (secondary N) is 1. The van der Waals surface area contributed by atoms with Crippen molar-refractivity contribution in [3.05, 3.63) is 23.5 Å². The van der Waals surface area contributed by atoms with Gasteiger partial charge < -0.3 is 15.6 Å². The molecule has 0 spiro atoms. The topological polar surface area (TPSA) is 60.1 Å². The van der Waals surface area contributed by atoms with E-state index in [2.05, 4.69) is 9.88 Å². The van der Waals surface area contributed by atoms with Gasteiger partial charge in [-0.25, -0.2) is 0 Å². The number of nitrogens with zero attached hydrogens (tertiary/aromatic N) is 1. The summed E-state index contributed by atoms with van der Waals surface area (Å²) in [5, 5.41) is 2.89. The largest absolute Gasteiger partial charge is 0.351 e. The molecule has 3 N–H and O–H groups in total. The van der Waals surface area contributed by atoms with Gasteiger partial charge >= 0.3 is 0 Å². The lowest BCUT2D eigenvalue weighted by atomic mass is 10.2. The van der Waals surface area contributed by atoms with Crippen molar-refractivity contribution in [2.45, 2.75) is 39.3 Å². The molecule has 0 aromatic carbocycles. The maximum Gasteiger partial charge on any atom is 0.220 e. The molecule has 0 aliphatic carbocycles. The summed E-state index contributed by atoms with van der Waals surface area (Å²) in [6.07, 6.45) is 1.24. The van der Waals surface area contributed by atoms with Gasteiger partial charge in [0.25, 0.3) is 0 Å². The molecule has 4 nitrogen and oxygen atoms in total. The zero-order valence-electron chi connectivity index (χ0n) is 10.3. The number of aryl methyl sites for hydroxylation is 1. The third-order valence-corrected chi connectivity index (χ3v) is 2.77. The zero-order chi connectivity index (χ0) is 12.1. The molecule has 1 atom stereocenters. The Labute approximate surface area is 96.8 Å². The summed E-state index contributed by atoms with van der Waals surface area (Å²) in [6.45, 7) is 4.54. The molecular weight excluding hydrogens is 202 g/mol. The second-order valence-corrected chi connectivity index (χ2v) is 4.32. The highest BCUT2D eigenvalue weighted by molar-refractivity contribution is 5.75. The lowest BCUT2D eigenvalue weighted by Gasteiger charge is -2.08. The van der Waals surface area contributed by atoms with Crippen molar-refractivity contribution < 1.29 is 4.79 Å². The lowest BCUT2D eigenvalue weighted by Crippen LogP contribution is -2.26. The van der Waals surface area contributed by atoms with Crippen LogP contribution in [-0.2, 0) is 18.4 Å². The van der Waals surface area contributed by atoms with E-state index in [9.17, 15) is 4.79 Å². The summed E-state index contributed by atoms with van der Waals surface area (Å²) in [5.41, 5.74) is 7.90. The van der Waals surface area contributed by atoms with Gasteiger partial charge in [-0.15, -0.1) is 0 Å². The Bertz CT molecular complexity index is 355. The highest BCUT2D eigenvalue weighted by Gasteiger charge is 2.05. The summed E-state index contributed by atoms with van der Waals surface area (Å²) in [4.78, 5) is 11.5. The van der Waals surface area contributed by atoms with E-state index in [4.69, 9.17) is 5.73 Å². The van der Waals surface area contributed by atoms with Crippen molar-refractivity contribution in [2.24, 2.45) is 12.8 Å². The Morgan fingerprint density at radius 2 is 2.25 bits per heavy atom. The minimum Gasteiger partial charge on any atom is -0.351 e. The molecule has 1 unspecified atom stereocenters. The summed E-state index contributed by atoms with van der Waals surface area (Å²) in [6, 6.07) is 4.16. The minimum atomic E-state index is 0.0659. The van der Waals surface area contributed by atoms with Crippen LogP contribution in [0.25, 0.3) is 0 Å². The highest BCUT2D eigenvalue weighted by atomic mass is 16.1. The molecule has 1 heterocycles. The van der Waals surface area contributed by atoms with Crippen LogP contribution in [0.2, 0.25) is 0 Å². The standard InChI is InChI=1S/C12H21N3O/c1-9(13)4-7-12(16)14-8-11-6-5-10(2)15(11)3/h5-6,9H,4,7-8,13H2,1-3H3,(H,14,16). The van der Waals surface area contributed by atoms with Gasteiger partial charge in [-0.05, 0) is 32.4 Å². The fourth-order valence-electron chi connectivity index (χ4n) is 1.48. The van der Waals surface area contributed by atoms with Crippen LogP contribution >= 0.6 is 0 Å². The predicted molar refractivity (Wildman–Crippen MR) is 64.9 cm³/mol. The molecule has 4 heteroatoms. The Kier molecular flexibility index (Phi) is 4.55. The number of carbonyl (C=O) groups is 1. The first-order chi connectivity index (χ1) is 7.50.